The van der Waals surface area contributed by atoms with Crippen molar-refractivity contribution in [1.82, 2.24) is 10.3 Å². The van der Waals surface area contributed by atoms with Crippen molar-refractivity contribution in [3.05, 3.63) is 29.8 Å². The fourth-order valence-corrected chi connectivity index (χ4v) is 4.67. The number of aryl methyl sites for hydroxylation is 1. The summed E-state index contributed by atoms with van der Waals surface area (Å²) in [7, 11) is 0. The molecule has 1 aromatic heterocycles. The molecule has 1 heterocycles. The van der Waals surface area contributed by atoms with Crippen molar-refractivity contribution in [3.63, 3.8) is 0 Å². The highest BCUT2D eigenvalue weighted by Crippen LogP contribution is 2.45. The average Bonchev–Trinajstić information content (AvgIpc) is 2.59. The van der Waals surface area contributed by atoms with E-state index in [-0.39, 0.29) is 5.91 Å². The molecule has 4 heteroatoms. The van der Waals surface area contributed by atoms with Crippen molar-refractivity contribution in [3.8, 4) is 0 Å². The molecule has 2 saturated carbocycles. The zero-order valence-corrected chi connectivity index (χ0v) is 14.8. The first-order chi connectivity index (χ1) is 11.6. The molecular weight excluding hydrogens is 298 g/mol. The number of nitrogens with zero attached hydrogens (tertiary/aromatic N) is 1. The smallest absolute Gasteiger partial charge is 0.224 e. The summed E-state index contributed by atoms with van der Waals surface area (Å²) in [5, 5.41) is 3.00. The molecule has 2 fully saturated rings. The Labute approximate surface area is 145 Å². The van der Waals surface area contributed by atoms with E-state index < -0.39 is 0 Å². The highest BCUT2D eigenvalue weighted by Gasteiger charge is 2.34. The number of hydrogen-bond acceptors (Lipinski definition) is 3. The quantitative estimate of drug-likeness (QED) is 0.864. The van der Waals surface area contributed by atoms with Gasteiger partial charge in [-0.3, -0.25) is 4.79 Å². The first kappa shape index (κ1) is 17.2. The van der Waals surface area contributed by atoms with Gasteiger partial charge in [-0.05, 0) is 49.1 Å². The van der Waals surface area contributed by atoms with Gasteiger partial charge in [-0.2, -0.15) is 0 Å². The van der Waals surface area contributed by atoms with Crippen LogP contribution in [-0.2, 0) is 11.3 Å². The molecule has 131 valence electrons. The molecular formula is C20H30N3O. The average molecular weight is 328 g/mol. The van der Waals surface area contributed by atoms with Crippen molar-refractivity contribution in [2.75, 3.05) is 5.73 Å². The molecule has 2 unspecified atom stereocenters. The Morgan fingerprint density at radius 1 is 1.25 bits per heavy atom. The predicted octanol–water partition coefficient (Wildman–Crippen LogP) is 3.79. The van der Waals surface area contributed by atoms with Crippen LogP contribution in [-0.4, -0.2) is 10.9 Å². The fraction of sp³-hybridized carbons (Fsp3) is 0.650. The Bertz CT molecular complexity index is 570. The molecule has 1 aromatic rings. The molecule has 24 heavy (non-hydrogen) atoms. The zero-order valence-electron chi connectivity index (χ0n) is 14.8. The number of nitrogen functional groups attached to an aromatic ring is 1. The number of aromatic nitrogens is 1. The molecule has 0 bridgehead atoms. The second kappa shape index (κ2) is 8.00. The van der Waals surface area contributed by atoms with E-state index in [2.05, 4.69) is 10.3 Å². The summed E-state index contributed by atoms with van der Waals surface area (Å²) in [6.07, 6.45) is 12.5. The number of pyridine rings is 1. The third-order valence-electron chi connectivity index (χ3n) is 6.00. The monoisotopic (exact) mass is 328 g/mol. The van der Waals surface area contributed by atoms with Gasteiger partial charge in [-0.15, -0.1) is 0 Å². The number of nitrogens with one attached hydrogen (secondary N) is 1. The van der Waals surface area contributed by atoms with E-state index in [0.29, 0.717) is 12.4 Å². The van der Waals surface area contributed by atoms with E-state index in [9.17, 15) is 4.79 Å². The molecule has 1 radical (unpaired) electrons. The van der Waals surface area contributed by atoms with E-state index in [4.69, 9.17) is 5.73 Å². The molecule has 0 saturated heterocycles. The summed E-state index contributed by atoms with van der Waals surface area (Å²) >= 11 is 0. The maximum absolute atomic E-state index is 12.2. The number of hydrogen-bond donors (Lipinski definition) is 2. The number of carbonyl (C=O) groups excluding carboxylic acids is 1. The van der Waals surface area contributed by atoms with E-state index >= 15 is 0 Å². The second-order valence-corrected chi connectivity index (χ2v) is 7.54. The van der Waals surface area contributed by atoms with Gasteiger partial charge in [0.15, 0.2) is 0 Å². The maximum Gasteiger partial charge on any atom is 0.224 e. The highest BCUT2D eigenvalue weighted by atomic mass is 16.1. The van der Waals surface area contributed by atoms with Crippen LogP contribution < -0.4 is 11.1 Å². The van der Waals surface area contributed by atoms with Gasteiger partial charge >= 0.3 is 0 Å². The summed E-state index contributed by atoms with van der Waals surface area (Å²) in [5.41, 5.74) is 7.57. The lowest BCUT2D eigenvalue weighted by Gasteiger charge is -2.41. The van der Waals surface area contributed by atoms with Crippen molar-refractivity contribution in [2.24, 2.45) is 17.8 Å². The number of fused-ring (bicyclic) bond motifs is 1. The van der Waals surface area contributed by atoms with E-state index in [1.165, 1.54) is 44.9 Å². The lowest BCUT2D eigenvalue weighted by Crippen LogP contribution is -2.32. The van der Waals surface area contributed by atoms with Crippen LogP contribution in [0, 0.1) is 31.1 Å². The van der Waals surface area contributed by atoms with Crippen molar-refractivity contribution in [1.29, 1.82) is 0 Å². The van der Waals surface area contributed by atoms with Crippen molar-refractivity contribution >= 4 is 11.7 Å². The number of anilines is 1. The fourth-order valence-electron chi connectivity index (χ4n) is 4.67. The Kier molecular flexibility index (Phi) is 5.75. The summed E-state index contributed by atoms with van der Waals surface area (Å²) < 4.78 is 0. The molecule has 2 aliphatic carbocycles. The Hall–Kier alpha value is -1.58. The Balaban J connectivity index is 1.45. The maximum atomic E-state index is 12.2. The van der Waals surface area contributed by atoms with Crippen LogP contribution in [0.15, 0.2) is 12.1 Å². The largest absolute Gasteiger partial charge is 0.384 e. The minimum Gasteiger partial charge on any atom is -0.384 e. The third-order valence-corrected chi connectivity index (χ3v) is 6.00. The number of nitrogens with two attached hydrogens (primary N) is 1. The van der Waals surface area contributed by atoms with Gasteiger partial charge in [-0.1, -0.05) is 44.6 Å². The van der Waals surface area contributed by atoms with Gasteiger partial charge in [0.1, 0.15) is 5.82 Å². The van der Waals surface area contributed by atoms with Crippen LogP contribution in [0.1, 0.15) is 62.6 Å². The molecule has 0 aromatic carbocycles. The first-order valence-electron chi connectivity index (χ1n) is 9.46. The lowest BCUT2D eigenvalue weighted by atomic mass is 9.64. The number of rotatable bonds is 5. The van der Waals surface area contributed by atoms with Crippen LogP contribution in [0.25, 0.3) is 0 Å². The van der Waals surface area contributed by atoms with Crippen LogP contribution >= 0.6 is 0 Å². The summed E-state index contributed by atoms with van der Waals surface area (Å²) in [5.74, 6) is 3.07. The molecule has 4 nitrogen and oxygen atoms in total. The van der Waals surface area contributed by atoms with Crippen molar-refractivity contribution in [2.45, 2.75) is 64.8 Å². The predicted molar refractivity (Wildman–Crippen MR) is 96.9 cm³/mol. The Morgan fingerprint density at radius 3 is 2.88 bits per heavy atom. The van der Waals surface area contributed by atoms with E-state index in [1.54, 1.807) is 6.07 Å². The van der Waals surface area contributed by atoms with E-state index in [0.717, 1.165) is 35.4 Å². The second-order valence-electron chi connectivity index (χ2n) is 7.54. The highest BCUT2D eigenvalue weighted by molar-refractivity contribution is 5.84. The van der Waals surface area contributed by atoms with Crippen LogP contribution in [0.5, 0.6) is 0 Å². The zero-order chi connectivity index (χ0) is 16.9. The molecule has 0 aliphatic heterocycles. The van der Waals surface area contributed by atoms with Gasteiger partial charge in [0.05, 0.1) is 0 Å². The summed E-state index contributed by atoms with van der Waals surface area (Å²) in [6.45, 7) is 2.44. The van der Waals surface area contributed by atoms with Gasteiger partial charge in [-0.25, -0.2) is 4.98 Å². The van der Waals surface area contributed by atoms with Gasteiger partial charge in [0.25, 0.3) is 0 Å². The SMILES string of the molecule is Cc1nc(N)ccc1CNC(=O)[CH]CC1CCCC2CCCC[C@@H]12. The van der Waals surface area contributed by atoms with Crippen molar-refractivity contribution < 1.29 is 4.79 Å². The normalized spacial score (nSPS) is 26.6. The standard InChI is InChI=1S/C20H30N3O/c1-14-17(9-11-19(21)23-14)13-22-20(24)12-10-16-7-4-6-15-5-2-3-8-18(15)16/h9,11-12,15-16,18H,2-8,10,13H2,1H3,(H2,21,23)(H,22,24)/t15?,16?,18-/m1/s1. The van der Waals surface area contributed by atoms with Gasteiger partial charge in [0, 0.05) is 18.7 Å². The minimum atomic E-state index is 0.0455. The number of amides is 1. The Morgan fingerprint density at radius 2 is 2.04 bits per heavy atom. The van der Waals surface area contributed by atoms with E-state index in [1.807, 2.05) is 19.4 Å². The first-order valence-corrected chi connectivity index (χ1v) is 9.46. The molecule has 3 atom stereocenters. The topological polar surface area (TPSA) is 68.0 Å². The van der Waals surface area contributed by atoms with Crippen LogP contribution in [0.3, 0.4) is 0 Å². The van der Waals surface area contributed by atoms with Gasteiger partial charge in [0.2, 0.25) is 5.91 Å². The lowest BCUT2D eigenvalue weighted by molar-refractivity contribution is -0.118. The molecule has 3 rings (SSSR count). The molecule has 3 N–H and O–H groups in total. The molecule has 1 amide bonds. The third kappa shape index (κ3) is 4.28. The van der Waals surface area contributed by atoms with Crippen LogP contribution in [0.2, 0.25) is 0 Å². The van der Waals surface area contributed by atoms with Gasteiger partial charge < -0.3 is 11.1 Å². The molecule has 2 aliphatic rings. The number of carbonyl (C=O) groups is 1. The minimum absolute atomic E-state index is 0.0455. The summed E-state index contributed by atoms with van der Waals surface area (Å²) in [4.78, 5) is 16.4. The summed E-state index contributed by atoms with van der Waals surface area (Å²) in [6, 6.07) is 3.72. The molecule has 0 spiro atoms. The van der Waals surface area contributed by atoms with Crippen LogP contribution in [0.4, 0.5) is 5.82 Å².